The summed E-state index contributed by atoms with van der Waals surface area (Å²) in [6.07, 6.45) is 1.41. The lowest BCUT2D eigenvalue weighted by atomic mass is 10.3. The van der Waals surface area contributed by atoms with E-state index in [0.717, 1.165) is 5.69 Å². The smallest absolute Gasteiger partial charge is 0.160 e. The van der Waals surface area contributed by atoms with E-state index in [1.807, 2.05) is 25.1 Å². The molecular weight excluding hydrogens is 340 g/mol. The number of aryl methyl sites for hydroxylation is 1. The number of anilines is 5. The van der Waals surface area contributed by atoms with Crippen LogP contribution in [0.1, 0.15) is 5.69 Å². The van der Waals surface area contributed by atoms with Crippen molar-refractivity contribution in [1.82, 2.24) is 15.0 Å². The molecule has 0 aliphatic carbocycles. The molecule has 0 unspecified atom stereocenters. The number of nitrogen functional groups attached to an aromatic ring is 1. The number of hydrogen-bond acceptors (Lipinski definition) is 7. The lowest BCUT2D eigenvalue weighted by Crippen LogP contribution is -2.06. The average Bonchev–Trinajstić information content (AvgIpc) is 2.59. The Morgan fingerprint density at radius 1 is 1.08 bits per heavy atom. The summed E-state index contributed by atoms with van der Waals surface area (Å²) in [4.78, 5) is 12.8. The predicted octanol–water partition coefficient (Wildman–Crippen LogP) is 3.91. The van der Waals surface area contributed by atoms with E-state index in [1.54, 1.807) is 25.3 Å². The average molecular weight is 357 g/mol. The maximum absolute atomic E-state index is 6.20. The third-order valence-electron chi connectivity index (χ3n) is 3.43. The summed E-state index contributed by atoms with van der Waals surface area (Å²) in [7, 11) is 1.58. The van der Waals surface area contributed by atoms with E-state index in [2.05, 4.69) is 25.6 Å². The van der Waals surface area contributed by atoms with Crippen LogP contribution in [-0.4, -0.2) is 22.1 Å². The number of benzene rings is 1. The standard InChI is InChI=1S/C17H17ClN6O/c1-10-4-3-5-14(22-10)24-17-15(19)16(20-9-21-17)23-12-8-11(18)6-7-13(12)25-2/h3-9H,19H2,1-2H3,(H2,20,21,22,23,24). The Morgan fingerprint density at radius 2 is 1.84 bits per heavy atom. The number of halogens is 1. The van der Waals surface area contributed by atoms with E-state index in [4.69, 9.17) is 22.1 Å². The minimum Gasteiger partial charge on any atom is -0.495 e. The number of nitrogens with two attached hydrogens (primary N) is 1. The van der Waals surface area contributed by atoms with E-state index in [9.17, 15) is 0 Å². The number of aromatic nitrogens is 3. The highest BCUT2D eigenvalue weighted by Crippen LogP contribution is 2.33. The van der Waals surface area contributed by atoms with Crippen LogP contribution in [0.3, 0.4) is 0 Å². The molecule has 0 bridgehead atoms. The largest absolute Gasteiger partial charge is 0.495 e. The van der Waals surface area contributed by atoms with Gasteiger partial charge >= 0.3 is 0 Å². The van der Waals surface area contributed by atoms with Gasteiger partial charge in [-0.15, -0.1) is 0 Å². The molecule has 0 saturated carbocycles. The molecule has 0 atom stereocenters. The van der Waals surface area contributed by atoms with E-state index < -0.39 is 0 Å². The maximum atomic E-state index is 6.20. The first-order valence-corrected chi connectivity index (χ1v) is 7.86. The van der Waals surface area contributed by atoms with Crippen molar-refractivity contribution in [3.8, 4) is 5.75 Å². The zero-order valence-electron chi connectivity index (χ0n) is 13.7. The van der Waals surface area contributed by atoms with E-state index in [0.29, 0.717) is 39.6 Å². The Labute approximate surface area is 150 Å². The molecule has 2 aromatic heterocycles. The van der Waals surface area contributed by atoms with Gasteiger partial charge in [0, 0.05) is 10.7 Å². The van der Waals surface area contributed by atoms with Gasteiger partial charge in [-0.1, -0.05) is 17.7 Å². The zero-order valence-corrected chi connectivity index (χ0v) is 14.5. The van der Waals surface area contributed by atoms with Crippen LogP contribution < -0.4 is 21.1 Å². The minimum absolute atomic E-state index is 0.354. The van der Waals surface area contributed by atoms with Gasteiger partial charge < -0.3 is 21.1 Å². The van der Waals surface area contributed by atoms with Gasteiger partial charge in [-0.2, -0.15) is 0 Å². The van der Waals surface area contributed by atoms with Gasteiger partial charge in [-0.3, -0.25) is 0 Å². The lowest BCUT2D eigenvalue weighted by molar-refractivity contribution is 0.417. The van der Waals surface area contributed by atoms with Gasteiger partial charge in [-0.05, 0) is 37.3 Å². The fourth-order valence-corrected chi connectivity index (χ4v) is 2.41. The van der Waals surface area contributed by atoms with Crippen molar-refractivity contribution in [3.63, 3.8) is 0 Å². The normalized spacial score (nSPS) is 10.4. The quantitative estimate of drug-likeness (QED) is 0.637. The Hall–Kier alpha value is -3.06. The summed E-state index contributed by atoms with van der Waals surface area (Å²) in [5.41, 5.74) is 8.09. The van der Waals surface area contributed by atoms with Crippen LogP contribution in [0.15, 0.2) is 42.7 Å². The molecule has 0 amide bonds. The number of nitrogens with one attached hydrogen (secondary N) is 2. The highest BCUT2D eigenvalue weighted by atomic mass is 35.5. The van der Waals surface area contributed by atoms with Crippen LogP contribution in [0.2, 0.25) is 5.02 Å². The highest BCUT2D eigenvalue weighted by molar-refractivity contribution is 6.31. The summed E-state index contributed by atoms with van der Waals surface area (Å²) in [5, 5.41) is 6.79. The molecule has 7 nitrogen and oxygen atoms in total. The molecule has 1 aromatic carbocycles. The van der Waals surface area contributed by atoms with Crippen molar-refractivity contribution in [1.29, 1.82) is 0 Å². The topological polar surface area (TPSA) is 98.0 Å². The molecule has 128 valence electrons. The second-order valence-electron chi connectivity index (χ2n) is 5.24. The first kappa shape index (κ1) is 16.8. The molecule has 0 saturated heterocycles. The van der Waals surface area contributed by atoms with E-state index >= 15 is 0 Å². The lowest BCUT2D eigenvalue weighted by Gasteiger charge is -2.14. The molecule has 3 rings (SSSR count). The first-order valence-electron chi connectivity index (χ1n) is 7.48. The van der Waals surface area contributed by atoms with Crippen molar-refractivity contribution >= 4 is 40.4 Å². The molecule has 3 aromatic rings. The molecule has 4 N–H and O–H groups in total. The van der Waals surface area contributed by atoms with Crippen molar-refractivity contribution in [2.75, 3.05) is 23.5 Å². The van der Waals surface area contributed by atoms with Crippen LogP contribution in [0.4, 0.5) is 28.8 Å². The Balaban J connectivity index is 1.90. The van der Waals surface area contributed by atoms with Crippen LogP contribution in [0.25, 0.3) is 0 Å². The summed E-state index contributed by atoms with van der Waals surface area (Å²) in [5.74, 6) is 2.16. The Kier molecular flexibility index (Phi) is 4.85. The van der Waals surface area contributed by atoms with Crippen LogP contribution in [-0.2, 0) is 0 Å². The van der Waals surface area contributed by atoms with Gasteiger partial charge in [0.05, 0.1) is 12.8 Å². The van der Waals surface area contributed by atoms with Crippen LogP contribution >= 0.6 is 11.6 Å². The Bertz CT molecular complexity index is 902. The summed E-state index contributed by atoms with van der Waals surface area (Å²) >= 11 is 6.05. The maximum Gasteiger partial charge on any atom is 0.160 e. The van der Waals surface area contributed by atoms with E-state index in [1.165, 1.54) is 6.33 Å². The number of ether oxygens (including phenoxy) is 1. The van der Waals surface area contributed by atoms with Gasteiger partial charge in [0.25, 0.3) is 0 Å². The highest BCUT2D eigenvalue weighted by Gasteiger charge is 2.12. The van der Waals surface area contributed by atoms with E-state index in [-0.39, 0.29) is 0 Å². The minimum atomic E-state index is 0.354. The summed E-state index contributed by atoms with van der Waals surface area (Å²) in [6, 6.07) is 10.9. The van der Waals surface area contributed by atoms with Gasteiger partial charge in [0.1, 0.15) is 23.6 Å². The third kappa shape index (κ3) is 3.89. The molecule has 0 aliphatic rings. The van der Waals surface area contributed by atoms with Crippen molar-refractivity contribution in [3.05, 3.63) is 53.4 Å². The third-order valence-corrected chi connectivity index (χ3v) is 3.67. The second-order valence-corrected chi connectivity index (χ2v) is 5.68. The number of methoxy groups -OCH3 is 1. The molecule has 8 heteroatoms. The molecule has 0 fully saturated rings. The molecule has 0 aliphatic heterocycles. The molecule has 0 radical (unpaired) electrons. The van der Waals surface area contributed by atoms with Gasteiger partial charge in [0.15, 0.2) is 11.6 Å². The molecule has 0 spiro atoms. The molecule has 25 heavy (non-hydrogen) atoms. The number of rotatable bonds is 5. The van der Waals surface area contributed by atoms with Crippen LogP contribution in [0.5, 0.6) is 5.75 Å². The fraction of sp³-hybridized carbons (Fsp3) is 0.118. The first-order chi connectivity index (χ1) is 12.1. The summed E-state index contributed by atoms with van der Waals surface area (Å²) < 4.78 is 5.32. The molecule has 2 heterocycles. The molecular formula is C17H17ClN6O. The summed E-state index contributed by atoms with van der Waals surface area (Å²) in [6.45, 7) is 1.91. The van der Waals surface area contributed by atoms with Gasteiger partial charge in [0.2, 0.25) is 0 Å². The predicted molar refractivity (Wildman–Crippen MR) is 100.0 cm³/mol. The Morgan fingerprint density at radius 3 is 2.56 bits per heavy atom. The number of nitrogens with zero attached hydrogens (tertiary/aromatic N) is 3. The SMILES string of the molecule is COc1ccc(Cl)cc1Nc1ncnc(Nc2cccc(C)n2)c1N. The van der Waals surface area contributed by atoms with Crippen molar-refractivity contribution in [2.24, 2.45) is 0 Å². The second kappa shape index (κ2) is 7.23. The zero-order chi connectivity index (χ0) is 17.8. The van der Waals surface area contributed by atoms with Gasteiger partial charge in [-0.25, -0.2) is 15.0 Å². The number of pyridine rings is 1. The van der Waals surface area contributed by atoms with Crippen LogP contribution in [0, 0.1) is 6.92 Å². The number of hydrogen-bond donors (Lipinski definition) is 3. The van der Waals surface area contributed by atoms with Crippen molar-refractivity contribution in [2.45, 2.75) is 6.92 Å². The fourth-order valence-electron chi connectivity index (χ4n) is 2.23. The monoisotopic (exact) mass is 356 g/mol. The van der Waals surface area contributed by atoms with Crippen molar-refractivity contribution < 1.29 is 4.74 Å².